The van der Waals surface area contributed by atoms with Crippen molar-refractivity contribution >= 4 is 27.6 Å². The van der Waals surface area contributed by atoms with Gasteiger partial charge in [-0.15, -0.1) is 0 Å². The lowest BCUT2D eigenvalue weighted by molar-refractivity contribution is -0.154. The number of sulfonamides is 1. The zero-order valence-corrected chi connectivity index (χ0v) is 17.9. The predicted molar refractivity (Wildman–Crippen MR) is 110 cm³/mol. The molecule has 0 spiro atoms. The van der Waals surface area contributed by atoms with E-state index in [0.29, 0.717) is 22.9 Å². The molecule has 1 amide bonds. The molecule has 0 aromatic heterocycles. The maximum absolute atomic E-state index is 12.4. The zero-order chi connectivity index (χ0) is 22.6. The first-order valence-electron chi connectivity index (χ1n) is 9.27. The fourth-order valence-corrected chi connectivity index (χ4v) is 3.84. The van der Waals surface area contributed by atoms with Crippen LogP contribution >= 0.6 is 0 Å². The first-order chi connectivity index (χ1) is 14.7. The van der Waals surface area contributed by atoms with Crippen LogP contribution in [0, 0.1) is 0 Å². The van der Waals surface area contributed by atoms with E-state index in [1.165, 1.54) is 45.2 Å². The SMILES string of the molecule is COc1ccc(S(=O)(=O)N[C@@H](C)C(=O)OC(C)C(=O)Nc2ccc3c(c2)OCO3)cc1. The molecule has 0 fully saturated rings. The number of nitrogens with one attached hydrogen (secondary N) is 2. The largest absolute Gasteiger partial charge is 0.497 e. The Balaban J connectivity index is 1.56. The maximum Gasteiger partial charge on any atom is 0.324 e. The van der Waals surface area contributed by atoms with Crippen LogP contribution in [0.5, 0.6) is 17.2 Å². The number of amides is 1. The number of fused-ring (bicyclic) bond motifs is 1. The van der Waals surface area contributed by atoms with Crippen molar-refractivity contribution in [1.29, 1.82) is 0 Å². The van der Waals surface area contributed by atoms with E-state index in [0.717, 1.165) is 0 Å². The van der Waals surface area contributed by atoms with Crippen molar-refractivity contribution in [2.75, 3.05) is 19.2 Å². The summed E-state index contributed by atoms with van der Waals surface area (Å²) in [4.78, 5) is 24.6. The van der Waals surface area contributed by atoms with Crippen molar-refractivity contribution < 1.29 is 37.0 Å². The summed E-state index contributed by atoms with van der Waals surface area (Å²) in [6, 6.07) is 9.30. The average molecular weight is 450 g/mol. The van der Waals surface area contributed by atoms with Crippen LogP contribution in [0.4, 0.5) is 5.69 Å². The summed E-state index contributed by atoms with van der Waals surface area (Å²) in [5, 5.41) is 2.60. The molecule has 0 bridgehead atoms. The number of hydrogen-bond donors (Lipinski definition) is 2. The zero-order valence-electron chi connectivity index (χ0n) is 17.1. The molecule has 0 radical (unpaired) electrons. The molecular formula is C20H22N2O8S. The van der Waals surface area contributed by atoms with Gasteiger partial charge in [-0.05, 0) is 50.2 Å². The Hall–Kier alpha value is -3.31. The van der Waals surface area contributed by atoms with Crippen LogP contribution in [0.25, 0.3) is 0 Å². The number of esters is 1. The molecule has 2 atom stereocenters. The van der Waals surface area contributed by atoms with Gasteiger partial charge in [-0.2, -0.15) is 4.72 Å². The number of benzene rings is 2. The first kappa shape index (κ1) is 22.4. The fourth-order valence-electron chi connectivity index (χ4n) is 2.65. The van der Waals surface area contributed by atoms with Gasteiger partial charge in [-0.25, -0.2) is 8.42 Å². The number of methoxy groups -OCH3 is 1. The van der Waals surface area contributed by atoms with Gasteiger partial charge < -0.3 is 24.3 Å². The lowest BCUT2D eigenvalue weighted by Gasteiger charge is -2.18. The second-order valence-electron chi connectivity index (χ2n) is 6.65. The predicted octanol–water partition coefficient (Wildman–Crippen LogP) is 1.66. The first-order valence-corrected chi connectivity index (χ1v) is 10.8. The molecule has 166 valence electrons. The molecule has 1 aliphatic rings. The molecule has 2 N–H and O–H groups in total. The van der Waals surface area contributed by atoms with Crippen molar-refractivity contribution in [3.63, 3.8) is 0 Å². The van der Waals surface area contributed by atoms with E-state index in [-0.39, 0.29) is 11.7 Å². The summed E-state index contributed by atoms with van der Waals surface area (Å²) in [7, 11) is -2.51. The van der Waals surface area contributed by atoms with Crippen LogP contribution in [-0.2, 0) is 24.3 Å². The number of ether oxygens (including phenoxy) is 4. The molecule has 11 heteroatoms. The van der Waals surface area contributed by atoms with Gasteiger partial charge >= 0.3 is 5.97 Å². The van der Waals surface area contributed by atoms with Gasteiger partial charge in [0, 0.05) is 11.8 Å². The molecule has 1 unspecified atom stereocenters. The third-order valence-electron chi connectivity index (χ3n) is 4.36. The van der Waals surface area contributed by atoms with Crippen molar-refractivity contribution in [2.24, 2.45) is 0 Å². The number of rotatable bonds is 8. The molecule has 2 aromatic rings. The van der Waals surface area contributed by atoms with Gasteiger partial charge in [0.05, 0.1) is 12.0 Å². The molecule has 2 aromatic carbocycles. The lowest BCUT2D eigenvalue weighted by atomic mass is 10.2. The molecule has 0 saturated heterocycles. The Labute approximate surface area is 179 Å². The number of carbonyl (C=O) groups is 2. The van der Waals surface area contributed by atoms with Crippen molar-refractivity contribution in [3.8, 4) is 17.2 Å². The number of hydrogen-bond acceptors (Lipinski definition) is 8. The Morgan fingerprint density at radius 1 is 1.03 bits per heavy atom. The summed E-state index contributed by atoms with van der Waals surface area (Å²) >= 11 is 0. The van der Waals surface area contributed by atoms with Crippen LogP contribution in [0.2, 0.25) is 0 Å². The Morgan fingerprint density at radius 2 is 1.71 bits per heavy atom. The third-order valence-corrected chi connectivity index (χ3v) is 5.91. The Kier molecular flexibility index (Phi) is 6.66. The molecular weight excluding hydrogens is 428 g/mol. The second-order valence-corrected chi connectivity index (χ2v) is 8.37. The van der Waals surface area contributed by atoms with Crippen molar-refractivity contribution in [1.82, 2.24) is 4.72 Å². The van der Waals surface area contributed by atoms with E-state index in [1.54, 1.807) is 18.2 Å². The minimum absolute atomic E-state index is 0.0402. The van der Waals surface area contributed by atoms with E-state index in [1.807, 2.05) is 0 Å². The van der Waals surface area contributed by atoms with Crippen LogP contribution in [0.3, 0.4) is 0 Å². The Morgan fingerprint density at radius 3 is 2.39 bits per heavy atom. The molecule has 0 saturated carbocycles. The van der Waals surface area contributed by atoms with E-state index in [9.17, 15) is 18.0 Å². The topological polar surface area (TPSA) is 129 Å². The number of carbonyl (C=O) groups excluding carboxylic acids is 2. The van der Waals surface area contributed by atoms with Crippen LogP contribution in [0.15, 0.2) is 47.4 Å². The lowest BCUT2D eigenvalue weighted by Crippen LogP contribution is -2.42. The molecule has 1 aliphatic heterocycles. The number of anilines is 1. The van der Waals surface area contributed by atoms with Gasteiger partial charge in [-0.1, -0.05) is 0 Å². The van der Waals surface area contributed by atoms with Gasteiger partial charge in [-0.3, -0.25) is 9.59 Å². The molecule has 0 aliphatic carbocycles. The normalized spacial score (nSPS) is 14.4. The van der Waals surface area contributed by atoms with Gasteiger partial charge in [0.2, 0.25) is 16.8 Å². The highest BCUT2D eigenvalue weighted by Crippen LogP contribution is 2.34. The summed E-state index contributed by atoms with van der Waals surface area (Å²) in [6.07, 6.45) is -1.16. The molecule has 3 rings (SSSR count). The van der Waals surface area contributed by atoms with E-state index >= 15 is 0 Å². The average Bonchev–Trinajstić information content (AvgIpc) is 3.21. The summed E-state index contributed by atoms with van der Waals surface area (Å²) in [6.45, 7) is 2.81. The molecule has 10 nitrogen and oxygen atoms in total. The van der Waals surface area contributed by atoms with E-state index in [2.05, 4.69) is 10.0 Å². The van der Waals surface area contributed by atoms with Gasteiger partial charge in [0.15, 0.2) is 17.6 Å². The smallest absolute Gasteiger partial charge is 0.324 e. The molecule has 1 heterocycles. The second kappa shape index (κ2) is 9.23. The minimum Gasteiger partial charge on any atom is -0.497 e. The summed E-state index contributed by atoms with van der Waals surface area (Å²) < 4.78 is 47.6. The minimum atomic E-state index is -3.97. The van der Waals surface area contributed by atoms with Gasteiger partial charge in [0.1, 0.15) is 11.8 Å². The van der Waals surface area contributed by atoms with Crippen LogP contribution in [0.1, 0.15) is 13.8 Å². The summed E-state index contributed by atoms with van der Waals surface area (Å²) in [5.41, 5.74) is 0.436. The Bertz CT molecular complexity index is 1070. The highest BCUT2D eigenvalue weighted by atomic mass is 32.2. The summed E-state index contributed by atoms with van der Waals surface area (Å²) in [5.74, 6) is 0.0657. The third kappa shape index (κ3) is 5.44. The fraction of sp³-hybridized carbons (Fsp3) is 0.300. The maximum atomic E-state index is 12.4. The monoisotopic (exact) mass is 450 g/mol. The van der Waals surface area contributed by atoms with Crippen molar-refractivity contribution in [3.05, 3.63) is 42.5 Å². The highest BCUT2D eigenvalue weighted by Gasteiger charge is 2.27. The van der Waals surface area contributed by atoms with Gasteiger partial charge in [0.25, 0.3) is 5.91 Å². The standard InChI is InChI=1S/C20H22N2O8S/c1-12(22-31(25,26)16-7-5-15(27-3)6-8-16)20(24)30-13(2)19(23)21-14-4-9-17-18(10-14)29-11-28-17/h4-10,12-13,22H,11H2,1-3H3,(H,21,23)/t12-,13?/m0/s1. The van der Waals surface area contributed by atoms with E-state index < -0.39 is 34.0 Å². The quantitative estimate of drug-likeness (QED) is 0.581. The van der Waals surface area contributed by atoms with E-state index in [4.69, 9.17) is 18.9 Å². The van der Waals surface area contributed by atoms with Crippen LogP contribution < -0.4 is 24.2 Å². The van der Waals surface area contributed by atoms with Crippen LogP contribution in [-0.4, -0.2) is 46.3 Å². The highest BCUT2D eigenvalue weighted by molar-refractivity contribution is 7.89. The van der Waals surface area contributed by atoms with Crippen molar-refractivity contribution in [2.45, 2.75) is 30.9 Å². The molecule has 31 heavy (non-hydrogen) atoms.